The van der Waals surface area contributed by atoms with Crippen molar-refractivity contribution in [3.63, 3.8) is 0 Å². The third-order valence-electron chi connectivity index (χ3n) is 2.76. The normalized spacial score (nSPS) is 14.8. The average Bonchev–Trinajstić information content (AvgIpc) is 2.53. The van der Waals surface area contributed by atoms with Gasteiger partial charge in [0.05, 0.1) is 0 Å². The summed E-state index contributed by atoms with van der Waals surface area (Å²) in [5, 5.41) is 17.8. The third-order valence-corrected chi connectivity index (χ3v) is 5.16. The zero-order valence-corrected chi connectivity index (χ0v) is 16.2. The SMILES string of the molecule is NC(CCC(=O)NC(CSC(F)(F)C(Cl)Br)C(=O)NCC(=O)O)C(=O)O. The van der Waals surface area contributed by atoms with Gasteiger partial charge in [-0.05, 0) is 6.42 Å². The van der Waals surface area contributed by atoms with Gasteiger partial charge >= 0.3 is 17.2 Å². The van der Waals surface area contributed by atoms with Crippen molar-refractivity contribution < 1.29 is 38.2 Å². The lowest BCUT2D eigenvalue weighted by Gasteiger charge is -2.22. The first-order valence-electron chi connectivity index (χ1n) is 6.94. The number of carboxylic acids is 2. The molecule has 0 radical (unpaired) electrons. The number of amides is 2. The van der Waals surface area contributed by atoms with Crippen molar-refractivity contribution in [2.45, 2.75) is 34.5 Å². The van der Waals surface area contributed by atoms with Crippen molar-refractivity contribution in [1.29, 1.82) is 0 Å². The molecule has 0 aliphatic rings. The molecule has 9 nitrogen and oxygen atoms in total. The van der Waals surface area contributed by atoms with E-state index in [-0.39, 0.29) is 24.6 Å². The summed E-state index contributed by atoms with van der Waals surface area (Å²) >= 11 is 7.74. The van der Waals surface area contributed by atoms with Gasteiger partial charge in [-0.1, -0.05) is 27.7 Å². The first-order chi connectivity index (χ1) is 11.9. The number of aliphatic carboxylic acids is 2. The van der Waals surface area contributed by atoms with Crippen LogP contribution in [-0.4, -0.2) is 67.9 Å². The van der Waals surface area contributed by atoms with Crippen LogP contribution < -0.4 is 16.4 Å². The second-order valence-corrected chi connectivity index (χ2v) is 7.93. The fourth-order valence-electron chi connectivity index (χ4n) is 1.40. The highest BCUT2D eigenvalue weighted by Gasteiger charge is 2.39. The Kier molecular flexibility index (Phi) is 11.0. The van der Waals surface area contributed by atoms with Crippen LogP contribution in [0, 0.1) is 0 Å². The maximum absolute atomic E-state index is 13.5. The van der Waals surface area contributed by atoms with E-state index in [9.17, 15) is 28.0 Å². The van der Waals surface area contributed by atoms with Crippen molar-refractivity contribution in [3.05, 3.63) is 0 Å². The van der Waals surface area contributed by atoms with E-state index in [1.807, 2.05) is 5.32 Å². The van der Waals surface area contributed by atoms with Gasteiger partial charge in [0.25, 0.3) is 0 Å². The fourth-order valence-corrected chi connectivity index (χ4v) is 2.74. The van der Waals surface area contributed by atoms with Gasteiger partial charge in [-0.2, -0.15) is 8.78 Å². The molecule has 150 valence electrons. The first-order valence-corrected chi connectivity index (χ1v) is 9.27. The molecule has 0 rings (SSSR count). The first kappa shape index (κ1) is 24.8. The Balaban J connectivity index is 4.85. The lowest BCUT2D eigenvalue weighted by molar-refractivity contribution is -0.139. The molecule has 3 atom stereocenters. The molecule has 26 heavy (non-hydrogen) atoms. The van der Waals surface area contributed by atoms with E-state index in [1.165, 1.54) is 0 Å². The summed E-state index contributed by atoms with van der Waals surface area (Å²) in [6, 6.07) is -2.79. The minimum atomic E-state index is -3.47. The molecule has 14 heteroatoms. The molecular formula is C12H17BrClF2N3O6S. The van der Waals surface area contributed by atoms with E-state index in [0.717, 1.165) is 0 Å². The zero-order chi connectivity index (χ0) is 20.5. The summed E-state index contributed by atoms with van der Waals surface area (Å²) in [7, 11) is 0. The van der Waals surface area contributed by atoms with Gasteiger partial charge in [0.1, 0.15) is 18.6 Å². The van der Waals surface area contributed by atoms with Crippen molar-refractivity contribution in [2.24, 2.45) is 5.73 Å². The molecule has 0 aromatic carbocycles. The van der Waals surface area contributed by atoms with Crippen molar-refractivity contribution >= 4 is 63.0 Å². The molecule has 0 fully saturated rings. The lowest BCUT2D eigenvalue weighted by atomic mass is 10.1. The number of thioether (sulfide) groups is 1. The standard InChI is InChI=1S/C12H17BrClF2N3O6S/c13-11(14)12(15,16)26-4-6(9(23)18-3-8(21)22)19-7(20)2-1-5(17)10(24)25/h5-6,11H,1-4,17H2,(H,18,23)(H,19,20)(H,21,22)(H,24,25). The second-order valence-electron chi connectivity index (χ2n) is 4.89. The number of carbonyl (C=O) groups is 4. The molecule has 0 heterocycles. The Hall–Kier alpha value is -1.18. The largest absolute Gasteiger partial charge is 0.480 e. The molecule has 0 saturated carbocycles. The molecule has 0 saturated heterocycles. The third kappa shape index (κ3) is 10.1. The van der Waals surface area contributed by atoms with E-state index in [1.54, 1.807) is 0 Å². The molecule has 0 aliphatic carbocycles. The summed E-state index contributed by atoms with van der Waals surface area (Å²) in [4.78, 5) is 44.8. The number of halogens is 4. The molecular weight excluding hydrogens is 468 g/mol. The second kappa shape index (κ2) is 11.5. The molecule has 2 amide bonds. The predicted octanol–water partition coefficient (Wildman–Crippen LogP) is 0.150. The Morgan fingerprint density at radius 3 is 2.31 bits per heavy atom. The molecule has 0 spiro atoms. The highest BCUT2D eigenvalue weighted by atomic mass is 79.9. The highest BCUT2D eigenvalue weighted by molar-refractivity contribution is 9.10. The van der Waals surface area contributed by atoms with E-state index < -0.39 is 57.7 Å². The highest BCUT2D eigenvalue weighted by Crippen LogP contribution is 2.38. The molecule has 3 unspecified atom stereocenters. The quantitative estimate of drug-likeness (QED) is 0.245. The van der Waals surface area contributed by atoms with Crippen LogP contribution in [-0.2, 0) is 19.2 Å². The van der Waals surface area contributed by atoms with E-state index in [4.69, 9.17) is 27.5 Å². The van der Waals surface area contributed by atoms with Crippen LogP contribution in [0.4, 0.5) is 8.78 Å². The monoisotopic (exact) mass is 483 g/mol. The van der Waals surface area contributed by atoms with E-state index in [2.05, 4.69) is 21.2 Å². The Morgan fingerprint density at radius 2 is 1.85 bits per heavy atom. The van der Waals surface area contributed by atoms with Crippen LogP contribution in [0.5, 0.6) is 0 Å². The number of nitrogens with one attached hydrogen (secondary N) is 2. The molecule has 0 bridgehead atoms. The number of nitrogens with two attached hydrogens (primary N) is 1. The van der Waals surface area contributed by atoms with Gasteiger partial charge in [-0.3, -0.25) is 19.2 Å². The number of carboxylic acid groups (broad SMARTS) is 2. The summed E-state index contributed by atoms with van der Waals surface area (Å²) in [6.45, 7) is -0.771. The van der Waals surface area contributed by atoms with Crippen LogP contribution >= 0.6 is 39.3 Å². The van der Waals surface area contributed by atoms with Crippen LogP contribution in [0.15, 0.2) is 0 Å². The lowest BCUT2D eigenvalue weighted by Crippen LogP contribution is -2.50. The number of alkyl halides is 4. The topological polar surface area (TPSA) is 159 Å². The van der Waals surface area contributed by atoms with Gasteiger partial charge in [-0.15, -0.1) is 11.6 Å². The molecule has 6 N–H and O–H groups in total. The smallest absolute Gasteiger partial charge is 0.322 e. The van der Waals surface area contributed by atoms with Gasteiger partial charge < -0.3 is 26.6 Å². The Labute approximate surface area is 164 Å². The Bertz CT molecular complexity index is 543. The number of rotatable bonds is 12. The van der Waals surface area contributed by atoms with Crippen LogP contribution in [0.3, 0.4) is 0 Å². The Morgan fingerprint density at radius 1 is 1.27 bits per heavy atom. The van der Waals surface area contributed by atoms with Crippen molar-refractivity contribution in [3.8, 4) is 0 Å². The van der Waals surface area contributed by atoms with Gasteiger partial charge in [0.2, 0.25) is 11.8 Å². The summed E-state index contributed by atoms with van der Waals surface area (Å²) < 4.78 is 25.3. The summed E-state index contributed by atoms with van der Waals surface area (Å²) in [5.41, 5.74) is 5.24. The maximum Gasteiger partial charge on any atom is 0.322 e. The zero-order valence-electron chi connectivity index (χ0n) is 13.1. The van der Waals surface area contributed by atoms with E-state index in [0.29, 0.717) is 0 Å². The average molecular weight is 485 g/mol. The van der Waals surface area contributed by atoms with Gasteiger partial charge in [0.15, 0.2) is 4.29 Å². The van der Waals surface area contributed by atoms with Crippen molar-refractivity contribution in [1.82, 2.24) is 10.6 Å². The van der Waals surface area contributed by atoms with Crippen LogP contribution in [0.1, 0.15) is 12.8 Å². The van der Waals surface area contributed by atoms with Gasteiger partial charge in [0, 0.05) is 12.2 Å². The number of hydrogen-bond donors (Lipinski definition) is 5. The molecule has 0 aromatic heterocycles. The predicted molar refractivity (Wildman–Crippen MR) is 93.4 cm³/mol. The number of hydrogen-bond acceptors (Lipinski definition) is 6. The van der Waals surface area contributed by atoms with Gasteiger partial charge in [-0.25, -0.2) is 0 Å². The molecule has 0 aliphatic heterocycles. The summed E-state index contributed by atoms with van der Waals surface area (Å²) in [5.74, 6) is -5.09. The summed E-state index contributed by atoms with van der Waals surface area (Å²) in [6.07, 6.45) is -0.604. The molecule has 0 aromatic rings. The fraction of sp³-hybridized carbons (Fsp3) is 0.667. The van der Waals surface area contributed by atoms with Crippen LogP contribution in [0.25, 0.3) is 0 Å². The van der Waals surface area contributed by atoms with Crippen molar-refractivity contribution in [2.75, 3.05) is 12.3 Å². The van der Waals surface area contributed by atoms with E-state index >= 15 is 0 Å². The minimum Gasteiger partial charge on any atom is -0.480 e. The number of carbonyl (C=O) groups excluding carboxylic acids is 2. The minimum absolute atomic E-state index is 0.0252. The van der Waals surface area contributed by atoms with Crippen LogP contribution in [0.2, 0.25) is 0 Å². The maximum atomic E-state index is 13.5.